The third kappa shape index (κ3) is 4.78. The van der Waals surface area contributed by atoms with Crippen LogP contribution in [0, 0.1) is 0 Å². The minimum Gasteiger partial charge on any atom is -0.497 e. The summed E-state index contributed by atoms with van der Waals surface area (Å²) in [5.41, 5.74) is 3.15. The Kier molecular flexibility index (Phi) is 6.15. The Morgan fingerprint density at radius 3 is 1.44 bits per heavy atom. The first-order valence-electron chi connectivity index (χ1n) is 11.0. The van der Waals surface area contributed by atoms with Crippen LogP contribution >= 0.6 is 0 Å². The van der Waals surface area contributed by atoms with E-state index in [0.29, 0.717) is 22.6 Å². The Hall–Kier alpha value is -4.98. The molecule has 2 heterocycles. The summed E-state index contributed by atoms with van der Waals surface area (Å²) in [6, 6.07) is 21.5. The van der Waals surface area contributed by atoms with Crippen molar-refractivity contribution in [3.05, 3.63) is 106 Å². The minimum absolute atomic E-state index is 0.186. The summed E-state index contributed by atoms with van der Waals surface area (Å²) in [4.78, 5) is 33.3. The van der Waals surface area contributed by atoms with Gasteiger partial charge in [-0.3, -0.25) is 0 Å². The molecule has 2 aliphatic rings. The Labute approximate surface area is 206 Å². The van der Waals surface area contributed by atoms with Crippen LogP contribution in [0.2, 0.25) is 0 Å². The molecule has 8 heteroatoms. The van der Waals surface area contributed by atoms with Gasteiger partial charge in [-0.05, 0) is 59.7 Å². The second kappa shape index (κ2) is 9.71. The third-order valence-corrected chi connectivity index (χ3v) is 5.42. The van der Waals surface area contributed by atoms with E-state index in [9.17, 15) is 9.59 Å². The van der Waals surface area contributed by atoms with Gasteiger partial charge in [0, 0.05) is 11.1 Å². The van der Waals surface area contributed by atoms with Gasteiger partial charge in [0.15, 0.2) is 11.4 Å². The molecular formula is C28H20N2O6. The highest BCUT2D eigenvalue weighted by Gasteiger charge is 2.25. The van der Waals surface area contributed by atoms with Crippen molar-refractivity contribution in [3.63, 3.8) is 0 Å². The summed E-state index contributed by atoms with van der Waals surface area (Å²) >= 11 is 0. The fraction of sp³-hybridized carbons (Fsp3) is 0.0714. The average Bonchev–Trinajstić information content (AvgIpc) is 3.47. The molecule has 0 radical (unpaired) electrons. The lowest BCUT2D eigenvalue weighted by molar-refractivity contribution is -0.130. The fourth-order valence-electron chi connectivity index (χ4n) is 3.58. The van der Waals surface area contributed by atoms with Crippen LogP contribution in [0.15, 0.2) is 94.2 Å². The second-order valence-corrected chi connectivity index (χ2v) is 7.80. The summed E-state index contributed by atoms with van der Waals surface area (Å²) in [7, 11) is 3.13. The smallest absolute Gasteiger partial charge is 0.363 e. The number of rotatable bonds is 6. The third-order valence-electron chi connectivity index (χ3n) is 5.42. The van der Waals surface area contributed by atoms with Crippen LogP contribution in [-0.2, 0) is 19.1 Å². The van der Waals surface area contributed by atoms with Crippen LogP contribution in [0.5, 0.6) is 11.5 Å². The van der Waals surface area contributed by atoms with Crippen molar-refractivity contribution in [3.8, 4) is 11.5 Å². The number of cyclic esters (lactones) is 2. The minimum atomic E-state index is -0.535. The number of hydrogen-bond donors (Lipinski definition) is 0. The molecular weight excluding hydrogens is 460 g/mol. The molecule has 0 atom stereocenters. The molecule has 0 amide bonds. The predicted octanol–water partition coefficient (Wildman–Crippen LogP) is 4.39. The molecule has 0 unspecified atom stereocenters. The highest BCUT2D eigenvalue weighted by atomic mass is 16.6. The molecule has 8 nitrogen and oxygen atoms in total. The molecule has 0 saturated heterocycles. The standard InChI is InChI=1S/C28H20N2O6/c1-33-21-7-3-5-19(15-21)25-29-23(27(31)35-25)13-17-9-11-18(12-10-17)14-24-28(32)36-26(30-24)20-6-4-8-22(16-20)34-2/h3-16H,1-2H3. The van der Waals surface area contributed by atoms with Crippen molar-refractivity contribution in [2.45, 2.75) is 0 Å². The van der Waals surface area contributed by atoms with Gasteiger partial charge in [-0.15, -0.1) is 0 Å². The molecule has 0 spiro atoms. The second-order valence-electron chi connectivity index (χ2n) is 7.80. The van der Waals surface area contributed by atoms with Gasteiger partial charge in [0.05, 0.1) is 14.2 Å². The van der Waals surface area contributed by atoms with E-state index in [0.717, 1.165) is 11.1 Å². The van der Waals surface area contributed by atoms with Crippen LogP contribution in [0.4, 0.5) is 0 Å². The van der Waals surface area contributed by atoms with Crippen molar-refractivity contribution >= 4 is 35.9 Å². The summed E-state index contributed by atoms with van der Waals surface area (Å²) in [6.07, 6.45) is 3.27. The molecule has 0 fully saturated rings. The Morgan fingerprint density at radius 1 is 0.639 bits per heavy atom. The number of aliphatic imine (C=N–C) groups is 2. The fourth-order valence-corrected chi connectivity index (χ4v) is 3.58. The van der Waals surface area contributed by atoms with Gasteiger partial charge in [0.2, 0.25) is 11.8 Å². The molecule has 2 aliphatic heterocycles. The molecule has 0 saturated carbocycles. The van der Waals surface area contributed by atoms with Crippen molar-refractivity contribution in [2.75, 3.05) is 14.2 Å². The number of benzene rings is 3. The van der Waals surface area contributed by atoms with Crippen molar-refractivity contribution in [2.24, 2.45) is 9.98 Å². The number of methoxy groups -OCH3 is 2. The number of ether oxygens (including phenoxy) is 4. The average molecular weight is 480 g/mol. The van der Waals surface area contributed by atoms with Crippen molar-refractivity contribution in [1.29, 1.82) is 0 Å². The molecule has 36 heavy (non-hydrogen) atoms. The number of carbonyl (C=O) groups excluding carboxylic acids is 2. The SMILES string of the molecule is COc1cccc(C2=NC(=Cc3ccc(C=C4N=C(c5cccc(OC)c5)OC4=O)cc3)C(=O)O2)c1. The molecule has 5 rings (SSSR count). The van der Waals surface area contributed by atoms with Crippen LogP contribution in [-0.4, -0.2) is 38.0 Å². The number of nitrogens with zero attached hydrogens (tertiary/aromatic N) is 2. The molecule has 3 aromatic rings. The Morgan fingerprint density at radius 2 is 1.06 bits per heavy atom. The van der Waals surface area contributed by atoms with Gasteiger partial charge in [-0.25, -0.2) is 19.6 Å². The summed E-state index contributed by atoms with van der Waals surface area (Å²) in [5.74, 6) is 0.644. The molecule has 178 valence electrons. The maximum absolute atomic E-state index is 12.3. The van der Waals surface area contributed by atoms with E-state index in [-0.39, 0.29) is 23.2 Å². The summed E-state index contributed by atoms with van der Waals surface area (Å²) in [5, 5.41) is 0. The van der Waals surface area contributed by atoms with Crippen molar-refractivity contribution in [1.82, 2.24) is 0 Å². The van der Waals surface area contributed by atoms with Crippen LogP contribution < -0.4 is 9.47 Å². The first-order valence-corrected chi connectivity index (χ1v) is 11.0. The predicted molar refractivity (Wildman–Crippen MR) is 134 cm³/mol. The van der Waals surface area contributed by atoms with Crippen LogP contribution in [0.3, 0.4) is 0 Å². The van der Waals surface area contributed by atoms with Gasteiger partial charge >= 0.3 is 11.9 Å². The van der Waals surface area contributed by atoms with E-state index in [1.807, 2.05) is 0 Å². The highest BCUT2D eigenvalue weighted by Crippen LogP contribution is 2.24. The normalized spacial score (nSPS) is 17.1. The van der Waals surface area contributed by atoms with Gasteiger partial charge in [-0.1, -0.05) is 36.4 Å². The van der Waals surface area contributed by atoms with Gasteiger partial charge in [0.1, 0.15) is 11.5 Å². The first kappa shape index (κ1) is 22.8. The van der Waals surface area contributed by atoms with E-state index < -0.39 is 11.9 Å². The van der Waals surface area contributed by atoms with Gasteiger partial charge < -0.3 is 18.9 Å². The first-order chi connectivity index (χ1) is 17.5. The highest BCUT2D eigenvalue weighted by molar-refractivity contribution is 6.13. The maximum Gasteiger partial charge on any atom is 0.363 e. The monoisotopic (exact) mass is 480 g/mol. The zero-order valence-electron chi connectivity index (χ0n) is 19.4. The summed E-state index contributed by atoms with van der Waals surface area (Å²) in [6.45, 7) is 0. The van der Waals surface area contributed by atoms with Gasteiger partial charge in [-0.2, -0.15) is 0 Å². The van der Waals surface area contributed by atoms with E-state index in [4.69, 9.17) is 18.9 Å². The molecule has 0 aliphatic carbocycles. The largest absolute Gasteiger partial charge is 0.497 e. The quantitative estimate of drug-likeness (QED) is 0.384. The van der Waals surface area contributed by atoms with E-state index >= 15 is 0 Å². The van der Waals surface area contributed by atoms with E-state index in [1.54, 1.807) is 99.2 Å². The molecule has 0 bridgehead atoms. The lowest BCUT2D eigenvalue weighted by Crippen LogP contribution is -2.05. The molecule has 3 aromatic carbocycles. The lowest BCUT2D eigenvalue weighted by Gasteiger charge is -2.02. The zero-order chi connectivity index (χ0) is 25.1. The molecule has 0 aromatic heterocycles. The molecule has 0 N–H and O–H groups in total. The van der Waals surface area contributed by atoms with Crippen molar-refractivity contribution < 1.29 is 28.5 Å². The number of esters is 2. The summed E-state index contributed by atoms with van der Waals surface area (Å²) < 4.78 is 21.1. The Balaban J connectivity index is 1.35. The zero-order valence-corrected chi connectivity index (χ0v) is 19.4. The Bertz CT molecular complexity index is 1370. The van der Waals surface area contributed by atoms with Gasteiger partial charge in [0.25, 0.3) is 0 Å². The lowest BCUT2D eigenvalue weighted by atomic mass is 10.1. The van der Waals surface area contributed by atoms with E-state index in [1.165, 1.54) is 0 Å². The topological polar surface area (TPSA) is 95.8 Å². The van der Waals surface area contributed by atoms with Crippen LogP contribution in [0.1, 0.15) is 22.3 Å². The number of hydrogen-bond acceptors (Lipinski definition) is 8. The van der Waals surface area contributed by atoms with E-state index in [2.05, 4.69) is 9.98 Å². The van der Waals surface area contributed by atoms with Crippen LogP contribution in [0.25, 0.3) is 12.2 Å². The maximum atomic E-state index is 12.3. The number of carbonyl (C=O) groups is 2.